The monoisotopic (exact) mass is 336 g/mol. The first kappa shape index (κ1) is 16.3. The van der Waals surface area contributed by atoms with Gasteiger partial charge in [0.1, 0.15) is 5.02 Å². The van der Waals surface area contributed by atoms with Crippen LogP contribution in [0.5, 0.6) is 0 Å². The Morgan fingerprint density at radius 2 is 1.95 bits per heavy atom. The highest BCUT2D eigenvalue weighted by molar-refractivity contribution is 7.99. The zero-order chi connectivity index (χ0) is 15.9. The maximum atomic E-state index is 11.8. The largest absolute Gasteiger partial charge is 0.325 e. The summed E-state index contributed by atoms with van der Waals surface area (Å²) in [5, 5.41) is 13.5. The van der Waals surface area contributed by atoms with Crippen LogP contribution in [0.25, 0.3) is 0 Å². The molecule has 114 valence electrons. The van der Waals surface area contributed by atoms with E-state index in [9.17, 15) is 14.9 Å². The lowest BCUT2D eigenvalue weighted by Gasteiger charge is -2.06. The number of nitro benzene ring substituents is 1. The average Bonchev–Trinajstić information content (AvgIpc) is 2.50. The summed E-state index contributed by atoms with van der Waals surface area (Å²) in [6, 6.07) is 14.0. The first-order chi connectivity index (χ1) is 10.6. The molecule has 0 radical (unpaired) electrons. The van der Waals surface area contributed by atoms with E-state index >= 15 is 0 Å². The molecule has 0 aromatic heterocycles. The Labute approximate surface area is 136 Å². The van der Waals surface area contributed by atoms with Gasteiger partial charge in [-0.15, -0.1) is 11.8 Å². The number of thioether (sulfide) groups is 1. The Bertz CT molecular complexity index is 680. The molecule has 1 amide bonds. The second-order valence-corrected chi connectivity index (χ2v) is 5.84. The maximum absolute atomic E-state index is 11.8. The van der Waals surface area contributed by atoms with Crippen molar-refractivity contribution in [3.8, 4) is 0 Å². The fourth-order valence-electron chi connectivity index (χ4n) is 1.76. The van der Waals surface area contributed by atoms with Crippen LogP contribution in [0.3, 0.4) is 0 Å². The molecule has 0 aliphatic rings. The fourth-order valence-corrected chi connectivity index (χ4v) is 2.74. The summed E-state index contributed by atoms with van der Waals surface area (Å²) in [5.74, 6) is 0.790. The molecular weight excluding hydrogens is 324 g/mol. The lowest BCUT2D eigenvalue weighted by Crippen LogP contribution is -2.14. The number of nitrogens with one attached hydrogen (secondary N) is 1. The molecule has 1 N–H and O–H groups in total. The third-order valence-corrected chi connectivity index (χ3v) is 4.09. The van der Waals surface area contributed by atoms with Crippen LogP contribution in [-0.2, 0) is 10.5 Å². The van der Waals surface area contributed by atoms with Gasteiger partial charge in [0.25, 0.3) is 5.69 Å². The Hall–Kier alpha value is -2.05. The Morgan fingerprint density at radius 1 is 1.23 bits per heavy atom. The molecule has 0 saturated heterocycles. The van der Waals surface area contributed by atoms with E-state index in [1.54, 1.807) is 0 Å². The van der Waals surface area contributed by atoms with Crippen LogP contribution in [0.2, 0.25) is 5.02 Å². The lowest BCUT2D eigenvalue weighted by atomic mass is 10.2. The van der Waals surface area contributed by atoms with Gasteiger partial charge in [0.2, 0.25) is 5.91 Å². The Balaban J connectivity index is 1.87. The lowest BCUT2D eigenvalue weighted by molar-refractivity contribution is -0.384. The second-order valence-electron chi connectivity index (χ2n) is 4.45. The van der Waals surface area contributed by atoms with Gasteiger partial charge in [0, 0.05) is 17.5 Å². The summed E-state index contributed by atoms with van der Waals surface area (Å²) in [6.45, 7) is 0. The molecule has 0 saturated carbocycles. The summed E-state index contributed by atoms with van der Waals surface area (Å²) in [6.07, 6.45) is 0. The molecule has 0 aliphatic heterocycles. The van der Waals surface area contributed by atoms with E-state index in [0.717, 1.165) is 11.3 Å². The number of anilines is 1. The van der Waals surface area contributed by atoms with Gasteiger partial charge in [0.05, 0.1) is 10.7 Å². The van der Waals surface area contributed by atoms with Crippen LogP contribution < -0.4 is 5.32 Å². The van der Waals surface area contributed by atoms with Crippen molar-refractivity contribution >= 4 is 40.6 Å². The number of halogens is 1. The SMILES string of the molecule is O=C(CSCc1ccccc1)Nc1ccc(Cl)c([N+](=O)[O-])c1. The van der Waals surface area contributed by atoms with Gasteiger partial charge >= 0.3 is 0 Å². The summed E-state index contributed by atoms with van der Waals surface area (Å²) in [5.41, 5.74) is 1.28. The minimum atomic E-state index is -0.581. The predicted molar refractivity (Wildman–Crippen MR) is 89.3 cm³/mol. The van der Waals surface area contributed by atoms with E-state index in [1.807, 2.05) is 30.3 Å². The highest BCUT2D eigenvalue weighted by atomic mass is 35.5. The molecule has 0 aliphatic carbocycles. The number of benzene rings is 2. The topological polar surface area (TPSA) is 72.2 Å². The molecule has 0 fully saturated rings. The van der Waals surface area contributed by atoms with Crippen LogP contribution in [0, 0.1) is 10.1 Å². The molecular formula is C15H13ClN2O3S. The molecule has 2 aromatic carbocycles. The smallest absolute Gasteiger partial charge is 0.289 e. The van der Waals surface area contributed by atoms with Gasteiger partial charge in [0.15, 0.2) is 0 Å². The number of amides is 1. The highest BCUT2D eigenvalue weighted by Gasteiger charge is 2.13. The van der Waals surface area contributed by atoms with Crippen LogP contribution in [-0.4, -0.2) is 16.6 Å². The first-order valence-electron chi connectivity index (χ1n) is 6.42. The van der Waals surface area contributed by atoms with Gasteiger partial charge in [-0.1, -0.05) is 41.9 Å². The minimum absolute atomic E-state index is 0.0430. The van der Waals surface area contributed by atoms with E-state index < -0.39 is 4.92 Å². The quantitative estimate of drug-likeness (QED) is 0.636. The molecule has 0 heterocycles. The van der Waals surface area contributed by atoms with E-state index in [-0.39, 0.29) is 22.4 Å². The number of carbonyl (C=O) groups excluding carboxylic acids is 1. The van der Waals surface area contributed by atoms with E-state index in [0.29, 0.717) is 5.69 Å². The average molecular weight is 337 g/mol. The summed E-state index contributed by atoms with van der Waals surface area (Å²) in [7, 11) is 0. The van der Waals surface area contributed by atoms with Crippen LogP contribution >= 0.6 is 23.4 Å². The summed E-state index contributed by atoms with van der Waals surface area (Å²) < 4.78 is 0. The van der Waals surface area contributed by atoms with Gasteiger partial charge in [-0.2, -0.15) is 0 Å². The van der Waals surface area contributed by atoms with Crippen molar-refractivity contribution in [2.75, 3.05) is 11.1 Å². The van der Waals surface area contributed by atoms with Crippen molar-refractivity contribution < 1.29 is 9.72 Å². The first-order valence-corrected chi connectivity index (χ1v) is 7.95. The zero-order valence-electron chi connectivity index (χ0n) is 11.5. The van der Waals surface area contributed by atoms with Crippen LogP contribution in [0.1, 0.15) is 5.56 Å². The molecule has 5 nitrogen and oxygen atoms in total. The number of hydrogen-bond donors (Lipinski definition) is 1. The van der Waals surface area contributed by atoms with Crippen LogP contribution in [0.15, 0.2) is 48.5 Å². The molecule has 2 aromatic rings. The van der Waals surface area contributed by atoms with Crippen LogP contribution in [0.4, 0.5) is 11.4 Å². The van der Waals surface area contributed by atoms with Gasteiger partial charge in [-0.25, -0.2) is 0 Å². The minimum Gasteiger partial charge on any atom is -0.325 e. The number of rotatable bonds is 6. The van der Waals surface area contributed by atoms with Crippen molar-refractivity contribution in [1.29, 1.82) is 0 Å². The molecule has 7 heteroatoms. The molecule has 0 spiro atoms. The van der Waals surface area contributed by atoms with Crippen molar-refractivity contribution in [1.82, 2.24) is 0 Å². The number of carbonyl (C=O) groups is 1. The predicted octanol–water partition coefficient (Wildman–Crippen LogP) is 4.12. The van der Waals surface area contributed by atoms with E-state index in [4.69, 9.17) is 11.6 Å². The number of hydrogen-bond acceptors (Lipinski definition) is 4. The molecule has 2 rings (SSSR count). The third kappa shape index (κ3) is 4.75. The second kappa shape index (κ2) is 7.82. The van der Waals surface area contributed by atoms with Gasteiger partial charge in [-0.05, 0) is 17.7 Å². The normalized spacial score (nSPS) is 10.2. The molecule has 0 bridgehead atoms. The zero-order valence-corrected chi connectivity index (χ0v) is 13.1. The standard InChI is InChI=1S/C15H13ClN2O3S/c16-13-7-6-12(8-14(13)18(20)21)17-15(19)10-22-9-11-4-2-1-3-5-11/h1-8H,9-10H2,(H,17,19). The van der Waals surface area contributed by atoms with Crippen molar-refractivity contribution in [3.05, 3.63) is 69.2 Å². The molecule has 0 unspecified atom stereocenters. The van der Waals surface area contributed by atoms with Crippen molar-refractivity contribution in [3.63, 3.8) is 0 Å². The van der Waals surface area contributed by atoms with E-state index in [1.165, 1.54) is 30.0 Å². The highest BCUT2D eigenvalue weighted by Crippen LogP contribution is 2.27. The molecule has 22 heavy (non-hydrogen) atoms. The van der Waals surface area contributed by atoms with Gasteiger partial charge in [-0.3, -0.25) is 14.9 Å². The van der Waals surface area contributed by atoms with Gasteiger partial charge < -0.3 is 5.32 Å². The third-order valence-electron chi connectivity index (χ3n) is 2.77. The van der Waals surface area contributed by atoms with Crippen molar-refractivity contribution in [2.24, 2.45) is 0 Å². The summed E-state index contributed by atoms with van der Waals surface area (Å²) in [4.78, 5) is 22.0. The van der Waals surface area contributed by atoms with Crippen molar-refractivity contribution in [2.45, 2.75) is 5.75 Å². The fraction of sp³-hybridized carbons (Fsp3) is 0.133. The number of nitro groups is 1. The maximum Gasteiger partial charge on any atom is 0.289 e. The molecule has 0 atom stereocenters. The Kier molecular flexibility index (Phi) is 5.80. The number of nitrogens with zero attached hydrogens (tertiary/aromatic N) is 1. The van der Waals surface area contributed by atoms with E-state index in [2.05, 4.69) is 5.32 Å². The Morgan fingerprint density at radius 3 is 2.64 bits per heavy atom. The summed E-state index contributed by atoms with van der Waals surface area (Å²) >= 11 is 7.20.